The summed E-state index contributed by atoms with van der Waals surface area (Å²) in [6.45, 7) is 8.12. The molecule has 132 valence electrons. The van der Waals surface area contributed by atoms with E-state index in [0.29, 0.717) is 10.8 Å². The van der Waals surface area contributed by atoms with Gasteiger partial charge in [-0.15, -0.1) is 0 Å². The molecule has 1 atom stereocenters. The highest BCUT2D eigenvalue weighted by molar-refractivity contribution is 6.33. The molecule has 5 heteroatoms. The van der Waals surface area contributed by atoms with Gasteiger partial charge in [-0.3, -0.25) is 4.79 Å². The Hall–Kier alpha value is -2.33. The molecule has 2 aromatic rings. The van der Waals surface area contributed by atoms with Crippen LogP contribution in [-0.4, -0.2) is 18.2 Å². The van der Waals surface area contributed by atoms with Gasteiger partial charge in [0, 0.05) is 10.6 Å². The van der Waals surface area contributed by atoms with E-state index in [1.807, 2.05) is 42.5 Å². The number of benzene rings is 2. The molecule has 2 aromatic carbocycles. The average molecular weight is 359 g/mol. The SMILES string of the molecule is CC(Oc1ccc(C(C)(C)C)cc1)C(=O)N/N=C/c1ccccc1Cl. The van der Waals surface area contributed by atoms with E-state index in [2.05, 4.69) is 31.3 Å². The maximum absolute atomic E-state index is 12.1. The van der Waals surface area contributed by atoms with E-state index in [-0.39, 0.29) is 11.3 Å². The largest absolute Gasteiger partial charge is 0.481 e. The number of nitrogens with zero attached hydrogens (tertiary/aromatic N) is 1. The molecule has 0 fully saturated rings. The lowest BCUT2D eigenvalue weighted by molar-refractivity contribution is -0.127. The number of carbonyl (C=O) groups is 1. The van der Waals surface area contributed by atoms with E-state index in [4.69, 9.17) is 16.3 Å². The van der Waals surface area contributed by atoms with E-state index in [1.165, 1.54) is 11.8 Å². The first-order chi connectivity index (χ1) is 11.8. The van der Waals surface area contributed by atoms with E-state index in [0.717, 1.165) is 5.56 Å². The zero-order valence-corrected chi connectivity index (χ0v) is 15.7. The molecule has 0 saturated heterocycles. The molecule has 4 nitrogen and oxygen atoms in total. The Balaban J connectivity index is 1.91. The Bertz CT molecular complexity index is 749. The van der Waals surface area contributed by atoms with Crippen molar-refractivity contribution in [1.82, 2.24) is 5.43 Å². The Morgan fingerprint density at radius 2 is 1.80 bits per heavy atom. The monoisotopic (exact) mass is 358 g/mol. The normalized spacial score (nSPS) is 12.8. The molecule has 0 aromatic heterocycles. The molecule has 25 heavy (non-hydrogen) atoms. The molecular formula is C20H23ClN2O2. The highest BCUT2D eigenvalue weighted by Crippen LogP contribution is 2.24. The maximum atomic E-state index is 12.1. The van der Waals surface area contributed by atoms with Gasteiger partial charge in [-0.1, -0.05) is 62.7 Å². The van der Waals surface area contributed by atoms with Crippen molar-refractivity contribution in [3.05, 3.63) is 64.7 Å². The average Bonchev–Trinajstić information content (AvgIpc) is 2.56. The van der Waals surface area contributed by atoms with Crippen LogP contribution in [0.2, 0.25) is 5.02 Å². The van der Waals surface area contributed by atoms with Crippen molar-refractivity contribution in [2.75, 3.05) is 0 Å². The molecule has 0 spiro atoms. The van der Waals surface area contributed by atoms with Gasteiger partial charge in [0.25, 0.3) is 5.91 Å². The van der Waals surface area contributed by atoms with Gasteiger partial charge in [-0.05, 0) is 36.1 Å². The van der Waals surface area contributed by atoms with E-state index >= 15 is 0 Å². The van der Waals surface area contributed by atoms with Crippen LogP contribution in [0.5, 0.6) is 5.75 Å². The second-order valence-electron chi connectivity index (χ2n) is 6.79. The standard InChI is InChI=1S/C20H23ClN2O2/c1-14(25-17-11-9-16(10-12-17)20(2,3)4)19(24)23-22-13-15-7-5-6-8-18(15)21/h5-14H,1-4H3,(H,23,24)/b22-13+. The predicted molar refractivity (Wildman–Crippen MR) is 102 cm³/mol. The number of hydrogen-bond acceptors (Lipinski definition) is 3. The first-order valence-electron chi connectivity index (χ1n) is 8.12. The van der Waals surface area contributed by atoms with E-state index in [1.54, 1.807) is 13.0 Å². The fourth-order valence-electron chi connectivity index (χ4n) is 2.13. The van der Waals surface area contributed by atoms with Gasteiger partial charge in [0.05, 0.1) is 6.21 Å². The minimum atomic E-state index is -0.663. The minimum Gasteiger partial charge on any atom is -0.481 e. The molecule has 0 aliphatic carbocycles. The number of hydrazone groups is 1. The van der Waals surface area contributed by atoms with Crippen LogP contribution >= 0.6 is 11.6 Å². The van der Waals surface area contributed by atoms with Crippen LogP contribution in [-0.2, 0) is 10.2 Å². The first-order valence-corrected chi connectivity index (χ1v) is 8.50. The van der Waals surface area contributed by atoms with E-state index in [9.17, 15) is 4.79 Å². The van der Waals surface area contributed by atoms with Gasteiger partial charge in [0.2, 0.25) is 0 Å². The second-order valence-corrected chi connectivity index (χ2v) is 7.20. The van der Waals surface area contributed by atoms with Crippen molar-refractivity contribution in [2.45, 2.75) is 39.2 Å². The summed E-state index contributed by atoms with van der Waals surface area (Å²) >= 11 is 6.03. The van der Waals surface area contributed by atoms with Gasteiger partial charge >= 0.3 is 0 Å². The first kappa shape index (κ1) is 19.0. The van der Waals surface area contributed by atoms with Crippen LogP contribution in [0.15, 0.2) is 53.6 Å². The van der Waals surface area contributed by atoms with Crippen LogP contribution in [0, 0.1) is 0 Å². The summed E-state index contributed by atoms with van der Waals surface area (Å²) in [5.41, 5.74) is 4.48. The maximum Gasteiger partial charge on any atom is 0.280 e. The van der Waals surface area contributed by atoms with Crippen LogP contribution in [0.4, 0.5) is 0 Å². The van der Waals surface area contributed by atoms with Crippen LogP contribution in [0.1, 0.15) is 38.8 Å². The highest BCUT2D eigenvalue weighted by atomic mass is 35.5. The third kappa shape index (κ3) is 5.61. The van der Waals surface area contributed by atoms with E-state index < -0.39 is 6.10 Å². The van der Waals surface area contributed by atoms with Crippen molar-refractivity contribution in [1.29, 1.82) is 0 Å². The molecule has 2 rings (SSSR count). The lowest BCUT2D eigenvalue weighted by Crippen LogP contribution is -2.33. The van der Waals surface area contributed by atoms with Gasteiger partial charge in [0.1, 0.15) is 5.75 Å². The van der Waals surface area contributed by atoms with Crippen molar-refractivity contribution < 1.29 is 9.53 Å². The Kier molecular flexibility index (Phi) is 6.21. The summed E-state index contributed by atoms with van der Waals surface area (Å²) in [4.78, 5) is 12.1. The molecule has 0 aliphatic heterocycles. The summed E-state index contributed by atoms with van der Waals surface area (Å²) in [7, 11) is 0. The zero-order chi connectivity index (χ0) is 18.4. The number of halogens is 1. The number of nitrogens with one attached hydrogen (secondary N) is 1. The van der Waals surface area contributed by atoms with Gasteiger partial charge in [-0.2, -0.15) is 5.10 Å². The summed E-state index contributed by atoms with van der Waals surface area (Å²) in [5.74, 6) is 0.314. The van der Waals surface area contributed by atoms with Crippen molar-refractivity contribution in [2.24, 2.45) is 5.10 Å². The number of hydrogen-bond donors (Lipinski definition) is 1. The van der Waals surface area contributed by atoms with Crippen molar-refractivity contribution >= 4 is 23.7 Å². The zero-order valence-electron chi connectivity index (χ0n) is 14.9. The molecule has 1 amide bonds. The smallest absolute Gasteiger partial charge is 0.280 e. The number of amides is 1. The molecule has 1 N–H and O–H groups in total. The number of rotatable bonds is 5. The lowest BCUT2D eigenvalue weighted by atomic mass is 9.87. The summed E-state index contributed by atoms with van der Waals surface area (Å²) in [6.07, 6.45) is 0.842. The van der Waals surface area contributed by atoms with Gasteiger partial charge in [-0.25, -0.2) is 5.43 Å². The summed E-state index contributed by atoms with van der Waals surface area (Å²) < 4.78 is 5.66. The highest BCUT2D eigenvalue weighted by Gasteiger charge is 2.16. The Morgan fingerprint density at radius 1 is 1.16 bits per heavy atom. The van der Waals surface area contributed by atoms with Crippen molar-refractivity contribution in [3.63, 3.8) is 0 Å². The molecule has 0 radical (unpaired) electrons. The van der Waals surface area contributed by atoms with Crippen molar-refractivity contribution in [3.8, 4) is 5.75 Å². The summed E-state index contributed by atoms with van der Waals surface area (Å²) in [5, 5.41) is 4.50. The van der Waals surface area contributed by atoms with Gasteiger partial charge in [0.15, 0.2) is 6.10 Å². The predicted octanol–water partition coefficient (Wildman–Crippen LogP) is 4.56. The second kappa shape index (κ2) is 8.17. The molecule has 0 bridgehead atoms. The van der Waals surface area contributed by atoms with Gasteiger partial charge < -0.3 is 4.74 Å². The molecular weight excluding hydrogens is 336 g/mol. The fourth-order valence-corrected chi connectivity index (χ4v) is 2.31. The Morgan fingerprint density at radius 3 is 2.40 bits per heavy atom. The minimum absolute atomic E-state index is 0.0783. The quantitative estimate of drug-likeness (QED) is 0.629. The molecule has 0 heterocycles. The van der Waals surface area contributed by atoms with Crippen LogP contribution in [0.3, 0.4) is 0 Å². The topological polar surface area (TPSA) is 50.7 Å². The van der Waals surface area contributed by atoms with Crippen LogP contribution < -0.4 is 10.2 Å². The number of carbonyl (C=O) groups excluding carboxylic acids is 1. The number of ether oxygens (including phenoxy) is 1. The molecule has 1 unspecified atom stereocenters. The lowest BCUT2D eigenvalue weighted by Gasteiger charge is -2.19. The third-order valence-electron chi connectivity index (χ3n) is 3.69. The molecule has 0 saturated carbocycles. The van der Waals surface area contributed by atoms with Crippen LogP contribution in [0.25, 0.3) is 0 Å². The summed E-state index contributed by atoms with van der Waals surface area (Å²) in [6, 6.07) is 15.0. The molecule has 0 aliphatic rings. The Labute approximate surface area is 153 Å². The third-order valence-corrected chi connectivity index (χ3v) is 4.03. The fraction of sp³-hybridized carbons (Fsp3) is 0.300.